The summed E-state index contributed by atoms with van der Waals surface area (Å²) in [6.45, 7) is 4.35. The maximum absolute atomic E-state index is 12.7. The number of benzene rings is 1. The third-order valence-corrected chi connectivity index (χ3v) is 5.85. The number of likely N-dealkylation sites (tertiary alicyclic amines) is 1. The highest BCUT2D eigenvalue weighted by Crippen LogP contribution is 2.25. The van der Waals surface area contributed by atoms with E-state index in [0.717, 1.165) is 51.3 Å². The van der Waals surface area contributed by atoms with Crippen LogP contribution < -0.4 is 10.6 Å². The molecule has 1 atom stereocenters. The van der Waals surface area contributed by atoms with Crippen LogP contribution >= 0.6 is 0 Å². The molecule has 3 heterocycles. The van der Waals surface area contributed by atoms with Gasteiger partial charge in [0, 0.05) is 11.6 Å². The number of hydrogen-bond acceptors (Lipinski definition) is 4. The molecule has 0 bridgehead atoms. The van der Waals surface area contributed by atoms with Gasteiger partial charge in [0.25, 0.3) is 5.91 Å². The normalized spacial score (nSPS) is 21.4. The molecule has 1 aromatic heterocycles. The van der Waals surface area contributed by atoms with Crippen molar-refractivity contribution in [3.63, 3.8) is 0 Å². The molecule has 0 radical (unpaired) electrons. The van der Waals surface area contributed by atoms with Gasteiger partial charge in [-0.3, -0.25) is 4.79 Å². The van der Waals surface area contributed by atoms with Crippen LogP contribution in [0.1, 0.15) is 41.2 Å². The fourth-order valence-electron chi connectivity index (χ4n) is 4.15. The summed E-state index contributed by atoms with van der Waals surface area (Å²) in [6, 6.07) is 10.3. The number of nitrogens with one attached hydrogen (secondary N) is 2. The van der Waals surface area contributed by atoms with Gasteiger partial charge in [-0.05, 0) is 82.5 Å². The van der Waals surface area contributed by atoms with Crippen molar-refractivity contribution in [2.75, 3.05) is 38.5 Å². The largest absolute Gasteiger partial charge is 0.316 e. The number of nitrogens with zero attached hydrogens (tertiary/aromatic N) is 3. The second kappa shape index (κ2) is 8.23. The highest BCUT2D eigenvalue weighted by molar-refractivity contribution is 6.03. The van der Waals surface area contributed by atoms with Crippen molar-refractivity contribution in [3.8, 4) is 0 Å². The Morgan fingerprint density at radius 3 is 2.67 bits per heavy atom. The first kappa shape index (κ1) is 18.2. The number of rotatable bonds is 5. The lowest BCUT2D eigenvalue weighted by molar-refractivity contribution is 0.102. The zero-order valence-electron chi connectivity index (χ0n) is 16.0. The van der Waals surface area contributed by atoms with Gasteiger partial charge in [-0.15, -0.1) is 0 Å². The molecule has 6 nitrogen and oxygen atoms in total. The zero-order valence-corrected chi connectivity index (χ0v) is 16.0. The maximum Gasteiger partial charge on any atom is 0.256 e. The molecule has 144 valence electrons. The van der Waals surface area contributed by atoms with Crippen LogP contribution in [0.2, 0.25) is 0 Å². The molecule has 2 aliphatic rings. The molecule has 2 aliphatic heterocycles. The van der Waals surface area contributed by atoms with E-state index in [1.54, 1.807) is 6.20 Å². The van der Waals surface area contributed by atoms with Crippen molar-refractivity contribution in [1.82, 2.24) is 20.0 Å². The minimum absolute atomic E-state index is 0.0706. The van der Waals surface area contributed by atoms with Crippen molar-refractivity contribution < 1.29 is 4.79 Å². The van der Waals surface area contributed by atoms with Crippen LogP contribution in [0, 0.1) is 5.92 Å². The molecule has 1 unspecified atom stereocenters. The van der Waals surface area contributed by atoms with E-state index in [0.29, 0.717) is 17.5 Å². The summed E-state index contributed by atoms with van der Waals surface area (Å²) in [5.41, 5.74) is 2.00. The Morgan fingerprint density at radius 2 is 1.96 bits per heavy atom. The van der Waals surface area contributed by atoms with E-state index in [9.17, 15) is 4.79 Å². The van der Waals surface area contributed by atoms with Crippen LogP contribution in [0.4, 0.5) is 5.82 Å². The molecule has 4 rings (SSSR count). The fraction of sp³-hybridized carbons (Fsp3) is 0.524. The molecule has 2 N–H and O–H groups in total. The Kier molecular flexibility index (Phi) is 5.55. The quantitative estimate of drug-likeness (QED) is 0.853. The second-order valence-electron chi connectivity index (χ2n) is 7.91. The van der Waals surface area contributed by atoms with Gasteiger partial charge in [-0.25, -0.2) is 4.68 Å². The lowest BCUT2D eigenvalue weighted by atomic mass is 9.98. The Labute approximate surface area is 160 Å². The highest BCUT2D eigenvalue weighted by Gasteiger charge is 2.21. The van der Waals surface area contributed by atoms with Crippen molar-refractivity contribution >= 4 is 11.7 Å². The van der Waals surface area contributed by atoms with Gasteiger partial charge in [0.05, 0.1) is 12.2 Å². The Morgan fingerprint density at radius 1 is 1.19 bits per heavy atom. The molecule has 0 saturated carbocycles. The van der Waals surface area contributed by atoms with Crippen molar-refractivity contribution in [1.29, 1.82) is 0 Å². The standard InChI is InChI=1S/C21H29N5O/c1-25-12-8-19(9-13-25)26-20(7-11-23-26)24-21(27)18-4-2-16(3-5-18)14-17-6-10-22-15-17/h2-5,7,11,17,19,22H,6,8-10,12-15H2,1H3,(H,24,27). The van der Waals surface area contributed by atoms with Gasteiger partial charge in [-0.1, -0.05) is 12.1 Å². The van der Waals surface area contributed by atoms with E-state index in [1.807, 2.05) is 22.9 Å². The first-order valence-electron chi connectivity index (χ1n) is 10.0. The van der Waals surface area contributed by atoms with Gasteiger partial charge in [-0.2, -0.15) is 5.10 Å². The number of hydrogen-bond donors (Lipinski definition) is 2. The number of anilines is 1. The first-order chi connectivity index (χ1) is 13.2. The molecule has 0 aliphatic carbocycles. The van der Waals surface area contributed by atoms with Crippen LogP contribution in [0.25, 0.3) is 0 Å². The highest BCUT2D eigenvalue weighted by atomic mass is 16.1. The number of piperidine rings is 1. The number of aromatic nitrogens is 2. The average Bonchev–Trinajstić information content (AvgIpc) is 3.35. The van der Waals surface area contributed by atoms with E-state index < -0.39 is 0 Å². The topological polar surface area (TPSA) is 62.2 Å². The smallest absolute Gasteiger partial charge is 0.256 e. The lowest BCUT2D eigenvalue weighted by Crippen LogP contribution is -2.32. The predicted molar refractivity (Wildman–Crippen MR) is 107 cm³/mol. The number of amides is 1. The molecular formula is C21H29N5O. The second-order valence-corrected chi connectivity index (χ2v) is 7.91. The van der Waals surface area contributed by atoms with Crippen molar-refractivity contribution in [2.24, 2.45) is 5.92 Å². The van der Waals surface area contributed by atoms with Gasteiger partial charge in [0.1, 0.15) is 5.82 Å². The van der Waals surface area contributed by atoms with E-state index >= 15 is 0 Å². The molecule has 6 heteroatoms. The zero-order chi connectivity index (χ0) is 18.6. The summed E-state index contributed by atoms with van der Waals surface area (Å²) in [5.74, 6) is 1.43. The summed E-state index contributed by atoms with van der Waals surface area (Å²) < 4.78 is 1.98. The summed E-state index contributed by atoms with van der Waals surface area (Å²) in [7, 11) is 2.15. The molecule has 2 fully saturated rings. The van der Waals surface area contributed by atoms with E-state index in [2.05, 4.69) is 39.8 Å². The van der Waals surface area contributed by atoms with Crippen molar-refractivity contribution in [3.05, 3.63) is 47.7 Å². The molecule has 2 saturated heterocycles. The van der Waals surface area contributed by atoms with Crippen LogP contribution in [0.3, 0.4) is 0 Å². The average molecular weight is 367 g/mol. The maximum atomic E-state index is 12.7. The summed E-state index contributed by atoms with van der Waals surface area (Å²) in [4.78, 5) is 15.0. The molecule has 1 amide bonds. The monoisotopic (exact) mass is 367 g/mol. The van der Waals surface area contributed by atoms with Crippen LogP contribution in [0.15, 0.2) is 36.5 Å². The summed E-state index contributed by atoms with van der Waals surface area (Å²) in [6.07, 6.45) is 6.21. The third kappa shape index (κ3) is 4.39. The predicted octanol–water partition coefficient (Wildman–Crippen LogP) is 2.55. The first-order valence-corrected chi connectivity index (χ1v) is 10.0. The molecule has 27 heavy (non-hydrogen) atoms. The fourth-order valence-corrected chi connectivity index (χ4v) is 4.15. The van der Waals surface area contributed by atoms with E-state index in [4.69, 9.17) is 0 Å². The summed E-state index contributed by atoms with van der Waals surface area (Å²) in [5, 5.41) is 10.9. The van der Waals surface area contributed by atoms with Gasteiger partial charge in [0.15, 0.2) is 0 Å². The molecular weight excluding hydrogens is 338 g/mol. The minimum Gasteiger partial charge on any atom is -0.316 e. The number of carbonyl (C=O) groups excluding carboxylic acids is 1. The van der Waals surface area contributed by atoms with Crippen LogP contribution in [0.5, 0.6) is 0 Å². The van der Waals surface area contributed by atoms with Gasteiger partial charge >= 0.3 is 0 Å². The summed E-state index contributed by atoms with van der Waals surface area (Å²) >= 11 is 0. The Bertz CT molecular complexity index is 755. The third-order valence-electron chi connectivity index (χ3n) is 5.85. The van der Waals surface area contributed by atoms with Gasteiger partial charge in [0.2, 0.25) is 0 Å². The molecule has 0 spiro atoms. The van der Waals surface area contributed by atoms with Crippen LogP contribution in [-0.4, -0.2) is 53.8 Å². The number of carbonyl (C=O) groups is 1. The Balaban J connectivity index is 1.38. The molecule has 1 aromatic carbocycles. The molecule has 2 aromatic rings. The van der Waals surface area contributed by atoms with Gasteiger partial charge < -0.3 is 15.5 Å². The Hall–Kier alpha value is -2.18. The van der Waals surface area contributed by atoms with Crippen LogP contribution in [-0.2, 0) is 6.42 Å². The minimum atomic E-state index is -0.0706. The van der Waals surface area contributed by atoms with Crippen molar-refractivity contribution in [2.45, 2.75) is 31.7 Å². The SMILES string of the molecule is CN1CCC(n2nccc2NC(=O)c2ccc(CC3CCNC3)cc2)CC1. The van der Waals surface area contributed by atoms with E-state index in [-0.39, 0.29) is 5.91 Å². The van der Waals surface area contributed by atoms with E-state index in [1.165, 1.54) is 12.0 Å². The lowest BCUT2D eigenvalue weighted by Gasteiger charge is -2.30.